The lowest BCUT2D eigenvalue weighted by Crippen LogP contribution is -2.12. The Morgan fingerprint density at radius 2 is 2.04 bits per heavy atom. The molecule has 0 aliphatic heterocycles. The average Bonchev–Trinajstić information content (AvgIpc) is 3.25. The van der Waals surface area contributed by atoms with Gasteiger partial charge >= 0.3 is 0 Å². The van der Waals surface area contributed by atoms with E-state index in [-0.39, 0.29) is 5.91 Å². The largest absolute Gasteiger partial charge is 0.305 e. The number of hydrogen-bond donors (Lipinski definition) is 3. The summed E-state index contributed by atoms with van der Waals surface area (Å²) in [4.78, 5) is 16.3. The number of hydrogen-bond acceptors (Lipinski definition) is 5. The molecule has 1 aromatic carbocycles. The third-order valence-electron chi connectivity index (χ3n) is 3.45. The number of thioether (sulfide) groups is 1. The van der Waals surface area contributed by atoms with Gasteiger partial charge in [0.2, 0.25) is 0 Å². The predicted octanol–water partition coefficient (Wildman–Crippen LogP) is 3.20. The quantitative estimate of drug-likeness (QED) is 0.597. The average molecular weight is 342 g/mol. The first kappa shape index (κ1) is 16.3. The number of carbonyl (C=O) groups is 1. The smallest absolute Gasteiger partial charge is 0.256 e. The zero-order valence-corrected chi connectivity index (χ0v) is 14.2. The molecular weight excluding hydrogens is 324 g/mol. The minimum absolute atomic E-state index is 0.175. The molecule has 0 atom stereocenters. The number of benzene rings is 1. The Labute approximate surface area is 143 Å². The molecule has 1 amide bonds. The summed E-state index contributed by atoms with van der Waals surface area (Å²) in [5.41, 5.74) is 2.69. The molecule has 0 bridgehead atoms. The minimum atomic E-state index is -0.175. The maximum absolute atomic E-state index is 12.3. The summed E-state index contributed by atoms with van der Waals surface area (Å²) < 4.78 is 0. The molecule has 2 aromatic heterocycles. The van der Waals surface area contributed by atoms with Crippen molar-refractivity contribution < 1.29 is 4.79 Å². The van der Waals surface area contributed by atoms with Crippen LogP contribution in [-0.4, -0.2) is 31.3 Å². The van der Waals surface area contributed by atoms with Crippen LogP contribution in [0.1, 0.15) is 41.4 Å². The van der Waals surface area contributed by atoms with Crippen LogP contribution >= 0.6 is 11.8 Å². The molecule has 7 nitrogen and oxygen atoms in total. The number of aromatic amines is 2. The van der Waals surface area contributed by atoms with Gasteiger partial charge in [-0.15, -0.1) is 0 Å². The molecule has 3 N–H and O–H groups in total. The molecule has 24 heavy (non-hydrogen) atoms. The summed E-state index contributed by atoms with van der Waals surface area (Å²) in [6, 6.07) is 9.33. The molecule has 0 aliphatic rings. The molecule has 3 aromatic rings. The normalized spacial score (nSPS) is 11.0. The van der Waals surface area contributed by atoms with E-state index in [0.717, 1.165) is 22.2 Å². The van der Waals surface area contributed by atoms with E-state index in [4.69, 9.17) is 0 Å². The summed E-state index contributed by atoms with van der Waals surface area (Å²) in [6.07, 6.45) is 1.48. The van der Waals surface area contributed by atoms with E-state index in [9.17, 15) is 4.79 Å². The Kier molecular flexibility index (Phi) is 4.95. The Morgan fingerprint density at radius 1 is 1.25 bits per heavy atom. The zero-order chi connectivity index (χ0) is 16.9. The molecule has 0 fully saturated rings. The van der Waals surface area contributed by atoms with Gasteiger partial charge in [-0.2, -0.15) is 10.2 Å². The third kappa shape index (κ3) is 4.02. The number of amides is 1. The second-order valence-electron chi connectivity index (χ2n) is 5.59. The van der Waals surface area contributed by atoms with Crippen molar-refractivity contribution in [3.63, 3.8) is 0 Å². The fourth-order valence-electron chi connectivity index (χ4n) is 2.05. The van der Waals surface area contributed by atoms with Crippen LogP contribution in [0, 0.1) is 0 Å². The minimum Gasteiger partial charge on any atom is -0.305 e. The van der Waals surface area contributed by atoms with Gasteiger partial charge in [0.1, 0.15) is 6.33 Å². The molecule has 0 spiro atoms. The van der Waals surface area contributed by atoms with Gasteiger partial charge in [0.05, 0.1) is 0 Å². The lowest BCUT2D eigenvalue weighted by molar-refractivity contribution is 0.102. The van der Waals surface area contributed by atoms with E-state index in [1.165, 1.54) is 6.33 Å². The van der Waals surface area contributed by atoms with Crippen molar-refractivity contribution in [1.82, 2.24) is 25.4 Å². The lowest BCUT2D eigenvalue weighted by atomic mass is 10.1. The topological polar surface area (TPSA) is 99.3 Å². The maximum Gasteiger partial charge on any atom is 0.256 e. The molecule has 3 rings (SSSR count). The molecule has 8 heteroatoms. The Bertz CT molecular complexity index is 794. The van der Waals surface area contributed by atoms with Crippen LogP contribution < -0.4 is 5.32 Å². The summed E-state index contributed by atoms with van der Waals surface area (Å²) in [6.45, 7) is 4.13. The molecule has 0 saturated heterocycles. The fourth-order valence-corrected chi connectivity index (χ4v) is 2.79. The van der Waals surface area contributed by atoms with Gasteiger partial charge in [0, 0.05) is 23.1 Å². The second-order valence-corrected chi connectivity index (χ2v) is 6.56. The van der Waals surface area contributed by atoms with Gasteiger partial charge in [-0.1, -0.05) is 37.7 Å². The number of nitrogens with zero attached hydrogens (tertiary/aromatic N) is 3. The summed E-state index contributed by atoms with van der Waals surface area (Å²) in [5, 5.41) is 17.2. The standard InChI is InChI=1S/C16H18N6OS/c1-10(2)13-7-14(21-20-13)19-15(23)12-5-3-11(4-6-12)8-24-16-17-9-18-22-16/h3-7,9-10H,8H2,1-2H3,(H,17,18,22)(H2,19,20,21,23). The van der Waals surface area contributed by atoms with E-state index in [1.807, 2.05) is 30.3 Å². The number of nitrogens with one attached hydrogen (secondary N) is 3. The van der Waals surface area contributed by atoms with Crippen molar-refractivity contribution in [3.8, 4) is 0 Å². The Balaban J connectivity index is 1.58. The van der Waals surface area contributed by atoms with E-state index in [2.05, 4.69) is 44.5 Å². The predicted molar refractivity (Wildman–Crippen MR) is 93.0 cm³/mol. The van der Waals surface area contributed by atoms with Gasteiger partial charge in [0.15, 0.2) is 11.0 Å². The Hall–Kier alpha value is -2.61. The van der Waals surface area contributed by atoms with Crippen LogP contribution in [0.25, 0.3) is 0 Å². The van der Waals surface area contributed by atoms with Crippen molar-refractivity contribution >= 4 is 23.5 Å². The lowest BCUT2D eigenvalue weighted by Gasteiger charge is -2.04. The highest BCUT2D eigenvalue weighted by Crippen LogP contribution is 2.19. The molecule has 124 valence electrons. The molecule has 0 saturated carbocycles. The van der Waals surface area contributed by atoms with Crippen LogP contribution in [0.15, 0.2) is 41.8 Å². The van der Waals surface area contributed by atoms with E-state index in [0.29, 0.717) is 17.3 Å². The Morgan fingerprint density at radius 3 is 2.67 bits per heavy atom. The first-order chi connectivity index (χ1) is 11.6. The highest BCUT2D eigenvalue weighted by atomic mass is 32.2. The zero-order valence-electron chi connectivity index (χ0n) is 13.4. The van der Waals surface area contributed by atoms with Crippen molar-refractivity contribution in [2.75, 3.05) is 5.32 Å². The van der Waals surface area contributed by atoms with E-state index in [1.54, 1.807) is 11.8 Å². The van der Waals surface area contributed by atoms with E-state index >= 15 is 0 Å². The highest BCUT2D eigenvalue weighted by molar-refractivity contribution is 7.98. The summed E-state index contributed by atoms with van der Waals surface area (Å²) in [7, 11) is 0. The van der Waals surface area contributed by atoms with Gasteiger partial charge in [0.25, 0.3) is 5.91 Å². The van der Waals surface area contributed by atoms with Crippen LogP contribution in [0.2, 0.25) is 0 Å². The third-order valence-corrected chi connectivity index (χ3v) is 4.39. The number of carbonyl (C=O) groups excluding carboxylic acids is 1. The monoisotopic (exact) mass is 342 g/mol. The van der Waals surface area contributed by atoms with Gasteiger partial charge in [-0.05, 0) is 23.6 Å². The number of anilines is 1. The molecular formula is C16H18N6OS. The van der Waals surface area contributed by atoms with Crippen molar-refractivity contribution in [2.24, 2.45) is 0 Å². The van der Waals surface area contributed by atoms with Gasteiger partial charge < -0.3 is 5.32 Å². The molecule has 0 unspecified atom stereocenters. The number of H-pyrrole nitrogens is 2. The SMILES string of the molecule is CC(C)c1cc(NC(=O)c2ccc(CSc3ncn[nH]3)cc2)n[nH]1. The van der Waals surface area contributed by atoms with Gasteiger partial charge in [-0.3, -0.25) is 15.0 Å². The second kappa shape index (κ2) is 7.31. The van der Waals surface area contributed by atoms with Crippen LogP contribution in [0.3, 0.4) is 0 Å². The maximum atomic E-state index is 12.3. The fraction of sp³-hybridized carbons (Fsp3) is 0.250. The van der Waals surface area contributed by atoms with Crippen molar-refractivity contribution in [3.05, 3.63) is 53.5 Å². The molecule has 2 heterocycles. The van der Waals surface area contributed by atoms with E-state index < -0.39 is 0 Å². The highest BCUT2D eigenvalue weighted by Gasteiger charge is 2.10. The number of aromatic nitrogens is 5. The van der Waals surface area contributed by atoms with Crippen molar-refractivity contribution in [1.29, 1.82) is 0 Å². The molecule has 0 radical (unpaired) electrons. The van der Waals surface area contributed by atoms with Crippen LogP contribution in [0.5, 0.6) is 0 Å². The van der Waals surface area contributed by atoms with Crippen molar-refractivity contribution in [2.45, 2.75) is 30.7 Å². The summed E-state index contributed by atoms with van der Waals surface area (Å²) >= 11 is 1.56. The first-order valence-electron chi connectivity index (χ1n) is 7.55. The number of rotatable bonds is 6. The van der Waals surface area contributed by atoms with Crippen LogP contribution in [0.4, 0.5) is 5.82 Å². The summed E-state index contributed by atoms with van der Waals surface area (Å²) in [5.74, 6) is 1.46. The van der Waals surface area contributed by atoms with Crippen LogP contribution in [-0.2, 0) is 5.75 Å². The van der Waals surface area contributed by atoms with Gasteiger partial charge in [-0.25, -0.2) is 4.98 Å². The first-order valence-corrected chi connectivity index (χ1v) is 8.54. The molecule has 0 aliphatic carbocycles.